The molecule has 1 aliphatic carbocycles. The van der Waals surface area contributed by atoms with E-state index in [-0.39, 0.29) is 5.60 Å². The molecule has 1 N–H and O–H groups in total. The zero-order valence-electron chi connectivity index (χ0n) is 11.1. The Morgan fingerprint density at radius 3 is 2.75 bits per heavy atom. The fourth-order valence-electron chi connectivity index (χ4n) is 3.39. The van der Waals surface area contributed by atoms with Gasteiger partial charge in [0.1, 0.15) is 0 Å². The Kier molecular flexibility index (Phi) is 3.91. The summed E-state index contributed by atoms with van der Waals surface area (Å²) >= 11 is 0. The van der Waals surface area contributed by atoms with Crippen molar-refractivity contribution in [2.45, 2.75) is 77.0 Å². The molecule has 0 aromatic carbocycles. The van der Waals surface area contributed by atoms with Crippen LogP contribution in [0.15, 0.2) is 0 Å². The third-order valence-electron chi connectivity index (χ3n) is 3.97. The second-order valence-electron chi connectivity index (χ2n) is 6.33. The van der Waals surface area contributed by atoms with Crippen molar-refractivity contribution in [2.24, 2.45) is 5.92 Å². The van der Waals surface area contributed by atoms with Gasteiger partial charge in [-0.3, -0.25) is 0 Å². The third-order valence-corrected chi connectivity index (χ3v) is 3.97. The van der Waals surface area contributed by atoms with Crippen LogP contribution in [-0.4, -0.2) is 24.3 Å². The lowest BCUT2D eigenvalue weighted by atomic mass is 9.90. The van der Waals surface area contributed by atoms with Crippen molar-refractivity contribution in [3.05, 3.63) is 0 Å². The summed E-state index contributed by atoms with van der Waals surface area (Å²) in [7, 11) is 0. The van der Waals surface area contributed by atoms with E-state index < -0.39 is 0 Å². The number of hydrogen-bond acceptors (Lipinski definition) is 2. The Morgan fingerprint density at radius 2 is 2.00 bits per heavy atom. The summed E-state index contributed by atoms with van der Waals surface area (Å²) in [5.74, 6) is 0.717. The van der Waals surface area contributed by atoms with E-state index in [0.717, 1.165) is 6.54 Å². The first-order valence-electron chi connectivity index (χ1n) is 7.00. The number of ether oxygens (including phenoxy) is 1. The Hall–Kier alpha value is -0.0800. The van der Waals surface area contributed by atoms with E-state index in [1.807, 2.05) is 0 Å². The Balaban J connectivity index is 1.96. The highest BCUT2D eigenvalue weighted by Crippen LogP contribution is 2.31. The molecular weight excluding hydrogens is 198 g/mol. The normalized spacial score (nSPS) is 40.5. The van der Waals surface area contributed by atoms with E-state index in [1.54, 1.807) is 0 Å². The van der Waals surface area contributed by atoms with E-state index in [4.69, 9.17) is 4.74 Å². The first-order valence-corrected chi connectivity index (χ1v) is 7.00. The first kappa shape index (κ1) is 12.4. The van der Waals surface area contributed by atoms with Crippen molar-refractivity contribution in [1.82, 2.24) is 5.32 Å². The number of morpholine rings is 1. The van der Waals surface area contributed by atoms with Crippen molar-refractivity contribution >= 4 is 0 Å². The topological polar surface area (TPSA) is 21.3 Å². The minimum Gasteiger partial charge on any atom is -0.369 e. The van der Waals surface area contributed by atoms with Gasteiger partial charge in [-0.2, -0.15) is 0 Å². The van der Waals surface area contributed by atoms with Gasteiger partial charge in [-0.05, 0) is 32.1 Å². The van der Waals surface area contributed by atoms with Gasteiger partial charge in [0.05, 0.1) is 11.7 Å². The van der Waals surface area contributed by atoms with Crippen molar-refractivity contribution in [3.8, 4) is 0 Å². The fraction of sp³-hybridized carbons (Fsp3) is 1.00. The summed E-state index contributed by atoms with van der Waals surface area (Å²) in [6.07, 6.45) is 8.31. The van der Waals surface area contributed by atoms with Crippen LogP contribution >= 0.6 is 0 Å². The van der Waals surface area contributed by atoms with Crippen LogP contribution in [-0.2, 0) is 4.74 Å². The van der Waals surface area contributed by atoms with Gasteiger partial charge < -0.3 is 10.1 Å². The molecule has 0 spiro atoms. The van der Waals surface area contributed by atoms with E-state index >= 15 is 0 Å². The predicted octanol–water partition coefficient (Wildman–Crippen LogP) is 3.11. The lowest BCUT2D eigenvalue weighted by molar-refractivity contribution is -0.135. The maximum atomic E-state index is 6.41. The standard InChI is InChI=1S/C14H27NO/c1-11(2)9-14(3)10-15-12-7-5-4-6-8-13(12)16-14/h11-13,15H,4-10H2,1-3H3. The highest BCUT2D eigenvalue weighted by Gasteiger charge is 2.38. The number of hydrogen-bond donors (Lipinski definition) is 1. The van der Waals surface area contributed by atoms with E-state index in [9.17, 15) is 0 Å². The molecule has 16 heavy (non-hydrogen) atoms. The summed E-state index contributed by atoms with van der Waals surface area (Å²) in [6, 6.07) is 0.628. The largest absolute Gasteiger partial charge is 0.369 e. The zero-order chi connectivity index (χ0) is 11.6. The quantitative estimate of drug-likeness (QED) is 0.779. The second kappa shape index (κ2) is 5.05. The fourth-order valence-corrected chi connectivity index (χ4v) is 3.39. The number of nitrogens with one attached hydrogen (secondary N) is 1. The van der Waals surface area contributed by atoms with Crippen LogP contribution in [0, 0.1) is 5.92 Å². The molecule has 2 nitrogen and oxygen atoms in total. The maximum Gasteiger partial charge on any atom is 0.0785 e. The van der Waals surface area contributed by atoms with Gasteiger partial charge >= 0.3 is 0 Å². The van der Waals surface area contributed by atoms with Crippen molar-refractivity contribution in [2.75, 3.05) is 6.54 Å². The Morgan fingerprint density at radius 1 is 1.25 bits per heavy atom. The van der Waals surface area contributed by atoms with E-state index in [2.05, 4.69) is 26.1 Å². The molecule has 0 radical (unpaired) electrons. The molecule has 0 aromatic rings. The summed E-state index contributed by atoms with van der Waals surface area (Å²) in [5, 5.41) is 3.73. The summed E-state index contributed by atoms with van der Waals surface area (Å²) in [4.78, 5) is 0. The molecule has 2 heteroatoms. The summed E-state index contributed by atoms with van der Waals surface area (Å²) in [5.41, 5.74) is 0.0691. The van der Waals surface area contributed by atoms with Gasteiger partial charge in [-0.25, -0.2) is 0 Å². The number of rotatable bonds is 2. The summed E-state index contributed by atoms with van der Waals surface area (Å²) in [6.45, 7) is 7.88. The van der Waals surface area contributed by atoms with Crippen molar-refractivity contribution in [1.29, 1.82) is 0 Å². The SMILES string of the molecule is CC(C)CC1(C)CNC2CCCCCC2O1. The Bertz CT molecular complexity index is 229. The number of fused-ring (bicyclic) bond motifs is 1. The average Bonchev–Trinajstić information content (AvgIpc) is 2.40. The molecule has 3 unspecified atom stereocenters. The molecule has 0 aromatic heterocycles. The lowest BCUT2D eigenvalue weighted by Gasteiger charge is -2.44. The van der Waals surface area contributed by atoms with E-state index in [1.165, 1.54) is 38.5 Å². The van der Waals surface area contributed by atoms with Gasteiger partial charge in [0.2, 0.25) is 0 Å². The zero-order valence-corrected chi connectivity index (χ0v) is 11.1. The van der Waals surface area contributed by atoms with Crippen molar-refractivity contribution < 1.29 is 4.74 Å². The van der Waals surface area contributed by atoms with Crippen LogP contribution in [0.1, 0.15) is 59.3 Å². The molecule has 1 aliphatic heterocycles. The van der Waals surface area contributed by atoms with Crippen LogP contribution in [0.5, 0.6) is 0 Å². The van der Waals surface area contributed by atoms with Gasteiger partial charge in [0.25, 0.3) is 0 Å². The monoisotopic (exact) mass is 225 g/mol. The molecule has 2 rings (SSSR count). The van der Waals surface area contributed by atoms with Gasteiger partial charge in [0.15, 0.2) is 0 Å². The van der Waals surface area contributed by atoms with Gasteiger partial charge in [-0.1, -0.05) is 33.1 Å². The molecule has 1 saturated carbocycles. The van der Waals surface area contributed by atoms with Crippen LogP contribution in [0.2, 0.25) is 0 Å². The van der Waals surface area contributed by atoms with Crippen LogP contribution < -0.4 is 5.32 Å². The minimum absolute atomic E-state index is 0.0691. The molecule has 0 bridgehead atoms. The highest BCUT2D eigenvalue weighted by atomic mass is 16.5. The molecular formula is C14H27NO. The van der Waals surface area contributed by atoms with E-state index in [0.29, 0.717) is 18.1 Å². The van der Waals surface area contributed by atoms with Crippen LogP contribution in [0.25, 0.3) is 0 Å². The van der Waals surface area contributed by atoms with Crippen molar-refractivity contribution in [3.63, 3.8) is 0 Å². The molecule has 0 amide bonds. The molecule has 1 saturated heterocycles. The molecule has 94 valence electrons. The van der Waals surface area contributed by atoms with Crippen LogP contribution in [0.4, 0.5) is 0 Å². The lowest BCUT2D eigenvalue weighted by Crippen LogP contribution is -2.57. The minimum atomic E-state index is 0.0691. The van der Waals surface area contributed by atoms with Gasteiger partial charge in [-0.15, -0.1) is 0 Å². The molecule has 2 fully saturated rings. The van der Waals surface area contributed by atoms with Crippen LogP contribution in [0.3, 0.4) is 0 Å². The maximum absolute atomic E-state index is 6.41. The third kappa shape index (κ3) is 2.98. The molecule has 1 heterocycles. The first-order chi connectivity index (χ1) is 7.59. The average molecular weight is 225 g/mol. The second-order valence-corrected chi connectivity index (χ2v) is 6.33. The predicted molar refractivity (Wildman–Crippen MR) is 67.6 cm³/mol. The molecule has 3 atom stereocenters. The summed E-state index contributed by atoms with van der Waals surface area (Å²) < 4.78 is 6.41. The smallest absolute Gasteiger partial charge is 0.0785 e. The highest BCUT2D eigenvalue weighted by molar-refractivity contribution is 4.92. The Labute approximate surface area is 100 Å². The molecule has 2 aliphatic rings. The van der Waals surface area contributed by atoms with Gasteiger partial charge in [0, 0.05) is 12.6 Å².